The van der Waals surface area contributed by atoms with Gasteiger partial charge in [-0.15, -0.1) is 10.2 Å². The minimum absolute atomic E-state index is 0.174. The summed E-state index contributed by atoms with van der Waals surface area (Å²) in [6, 6.07) is 3.58. The molecule has 1 aromatic rings. The largest absolute Gasteiger partial charge is 0.465 e. The second kappa shape index (κ2) is 2.61. The molecule has 2 rings (SSSR count). The van der Waals surface area contributed by atoms with Crippen LogP contribution in [0.4, 0.5) is 0 Å². The van der Waals surface area contributed by atoms with Crippen molar-refractivity contribution in [3.63, 3.8) is 0 Å². The van der Waals surface area contributed by atoms with Gasteiger partial charge in [-0.2, -0.15) is 4.99 Å². The number of aliphatic imine (C=N–C) groups is 1. The van der Waals surface area contributed by atoms with Crippen molar-refractivity contribution < 1.29 is 4.42 Å². The van der Waals surface area contributed by atoms with Gasteiger partial charge in [-0.1, -0.05) is 0 Å². The summed E-state index contributed by atoms with van der Waals surface area (Å²) in [5.74, 6) is 1.32. The van der Waals surface area contributed by atoms with Gasteiger partial charge >= 0.3 is 0 Å². The lowest BCUT2D eigenvalue weighted by atomic mass is 10.4. The highest BCUT2D eigenvalue weighted by Gasteiger charge is 2.03. The molecule has 0 aromatic carbocycles. The molecule has 0 bridgehead atoms. The number of azo groups is 1. The Labute approximate surface area is 68.3 Å². The van der Waals surface area contributed by atoms with E-state index in [1.165, 1.54) is 0 Å². The lowest BCUT2D eigenvalue weighted by Gasteiger charge is -1.83. The van der Waals surface area contributed by atoms with Gasteiger partial charge in [0.25, 0.3) is 0 Å². The molecule has 1 aromatic heterocycles. The summed E-state index contributed by atoms with van der Waals surface area (Å²) < 4.78 is 5.04. The molecule has 2 N–H and O–H groups in total. The van der Waals surface area contributed by atoms with Gasteiger partial charge < -0.3 is 10.2 Å². The molecule has 0 fully saturated rings. The van der Waals surface area contributed by atoms with Crippen LogP contribution in [0.1, 0.15) is 5.76 Å². The summed E-state index contributed by atoms with van der Waals surface area (Å²) >= 11 is 0. The smallest absolute Gasteiger partial charge is 0.242 e. The minimum atomic E-state index is 0.174. The van der Waals surface area contributed by atoms with E-state index < -0.39 is 0 Å². The Morgan fingerprint density at radius 3 is 2.92 bits per heavy atom. The molecule has 2 heterocycles. The van der Waals surface area contributed by atoms with Gasteiger partial charge in [-0.3, -0.25) is 0 Å². The Balaban J connectivity index is 2.27. The molecule has 1 aliphatic rings. The monoisotopic (exact) mass is 162 g/mol. The van der Waals surface area contributed by atoms with Crippen molar-refractivity contribution >= 4 is 12.0 Å². The van der Waals surface area contributed by atoms with Crippen LogP contribution in [-0.2, 0) is 0 Å². The fourth-order valence-electron chi connectivity index (χ4n) is 0.826. The fraction of sp³-hybridized carbons (Fsp3) is 0. The third-order valence-electron chi connectivity index (χ3n) is 1.30. The number of nitrogens with two attached hydrogens (primary N) is 1. The van der Waals surface area contributed by atoms with Gasteiger partial charge in [0.1, 0.15) is 5.76 Å². The number of guanidine groups is 1. The van der Waals surface area contributed by atoms with E-state index in [9.17, 15) is 0 Å². The van der Waals surface area contributed by atoms with E-state index in [1.54, 1.807) is 24.5 Å². The summed E-state index contributed by atoms with van der Waals surface area (Å²) in [5, 5.41) is 7.23. The van der Waals surface area contributed by atoms with E-state index in [0.29, 0.717) is 11.6 Å². The van der Waals surface area contributed by atoms with Crippen LogP contribution in [0.5, 0.6) is 0 Å². The molecule has 0 spiro atoms. The summed E-state index contributed by atoms with van der Waals surface area (Å²) in [6.45, 7) is 0. The van der Waals surface area contributed by atoms with Crippen molar-refractivity contribution in [3.8, 4) is 0 Å². The third kappa shape index (κ3) is 1.24. The van der Waals surface area contributed by atoms with E-state index in [4.69, 9.17) is 10.2 Å². The van der Waals surface area contributed by atoms with Crippen LogP contribution in [0.25, 0.3) is 6.08 Å². The molecule has 5 heteroatoms. The quantitative estimate of drug-likeness (QED) is 0.676. The predicted molar refractivity (Wildman–Crippen MR) is 43.2 cm³/mol. The zero-order chi connectivity index (χ0) is 8.39. The molecular formula is C7H6N4O. The molecule has 12 heavy (non-hydrogen) atoms. The molecule has 60 valence electrons. The Kier molecular flexibility index (Phi) is 1.48. The van der Waals surface area contributed by atoms with Crippen LogP contribution < -0.4 is 5.73 Å². The van der Waals surface area contributed by atoms with Gasteiger partial charge in [0.05, 0.1) is 6.26 Å². The number of nitrogens with zero attached hydrogens (tertiary/aromatic N) is 3. The molecule has 0 saturated heterocycles. The first-order valence-corrected chi connectivity index (χ1v) is 3.36. The van der Waals surface area contributed by atoms with Gasteiger partial charge in [-0.25, -0.2) is 0 Å². The SMILES string of the molecule is NC1=NC(=Cc2ccco2)N=N1. The van der Waals surface area contributed by atoms with Crippen molar-refractivity contribution in [3.05, 3.63) is 30.0 Å². The minimum Gasteiger partial charge on any atom is -0.465 e. The van der Waals surface area contributed by atoms with Crippen LogP contribution in [0.15, 0.2) is 43.9 Å². The van der Waals surface area contributed by atoms with Gasteiger partial charge in [0.15, 0.2) is 5.82 Å². The Bertz CT molecular complexity index is 361. The average Bonchev–Trinajstić information content (AvgIpc) is 2.63. The molecule has 0 unspecified atom stereocenters. The van der Waals surface area contributed by atoms with Crippen LogP contribution in [0, 0.1) is 0 Å². The zero-order valence-electron chi connectivity index (χ0n) is 6.14. The summed E-state index contributed by atoms with van der Waals surface area (Å²) in [6.07, 6.45) is 3.23. The van der Waals surface area contributed by atoms with Gasteiger partial charge in [0, 0.05) is 6.08 Å². The average molecular weight is 162 g/mol. The van der Waals surface area contributed by atoms with Crippen molar-refractivity contribution in [2.75, 3.05) is 0 Å². The number of rotatable bonds is 1. The van der Waals surface area contributed by atoms with Crippen molar-refractivity contribution in [1.29, 1.82) is 0 Å². The molecule has 1 aliphatic heterocycles. The molecular weight excluding hydrogens is 156 g/mol. The predicted octanol–water partition coefficient (Wildman–Crippen LogP) is 1.36. The lowest BCUT2D eigenvalue weighted by molar-refractivity contribution is 0.556. The first-order chi connectivity index (χ1) is 5.84. The van der Waals surface area contributed by atoms with E-state index in [1.807, 2.05) is 0 Å². The first kappa shape index (κ1) is 6.78. The molecule has 0 amide bonds. The number of hydrogen-bond donors (Lipinski definition) is 1. The molecule has 0 atom stereocenters. The molecule has 5 nitrogen and oxygen atoms in total. The number of hydrogen-bond acceptors (Lipinski definition) is 5. The van der Waals surface area contributed by atoms with Gasteiger partial charge in [-0.05, 0) is 12.1 Å². The van der Waals surface area contributed by atoms with Crippen molar-refractivity contribution in [2.45, 2.75) is 0 Å². The van der Waals surface area contributed by atoms with Crippen LogP contribution >= 0.6 is 0 Å². The van der Waals surface area contributed by atoms with Crippen molar-refractivity contribution in [1.82, 2.24) is 0 Å². The fourth-order valence-corrected chi connectivity index (χ4v) is 0.826. The summed E-state index contributed by atoms with van der Waals surface area (Å²) in [4.78, 5) is 3.83. The zero-order valence-corrected chi connectivity index (χ0v) is 6.14. The number of furan rings is 1. The third-order valence-corrected chi connectivity index (χ3v) is 1.30. The van der Waals surface area contributed by atoms with Crippen LogP contribution in [-0.4, -0.2) is 5.96 Å². The molecule has 0 radical (unpaired) electrons. The molecule has 0 aliphatic carbocycles. The standard InChI is InChI=1S/C7H6N4O/c8-7-9-6(10-11-7)4-5-2-1-3-12-5/h1-4H,(H2,8,9). The van der Waals surface area contributed by atoms with Crippen molar-refractivity contribution in [2.24, 2.45) is 21.0 Å². The highest BCUT2D eigenvalue weighted by atomic mass is 16.3. The second-order valence-corrected chi connectivity index (χ2v) is 2.19. The second-order valence-electron chi connectivity index (χ2n) is 2.19. The van der Waals surface area contributed by atoms with Crippen LogP contribution in [0.2, 0.25) is 0 Å². The van der Waals surface area contributed by atoms with Crippen LogP contribution in [0.3, 0.4) is 0 Å². The van der Waals surface area contributed by atoms with E-state index in [0.717, 1.165) is 0 Å². The van der Waals surface area contributed by atoms with E-state index in [2.05, 4.69) is 15.2 Å². The summed E-state index contributed by atoms with van der Waals surface area (Å²) in [7, 11) is 0. The Hall–Kier alpha value is -1.91. The molecule has 0 saturated carbocycles. The summed E-state index contributed by atoms with van der Waals surface area (Å²) in [5.41, 5.74) is 5.27. The maximum atomic E-state index is 5.27. The maximum absolute atomic E-state index is 5.27. The topological polar surface area (TPSA) is 76.2 Å². The lowest BCUT2D eigenvalue weighted by Crippen LogP contribution is -2.03. The first-order valence-electron chi connectivity index (χ1n) is 3.36. The van der Waals surface area contributed by atoms with E-state index in [-0.39, 0.29) is 5.96 Å². The highest BCUT2D eigenvalue weighted by Crippen LogP contribution is 2.13. The normalized spacial score (nSPS) is 18.7. The highest BCUT2D eigenvalue weighted by molar-refractivity contribution is 5.81. The van der Waals surface area contributed by atoms with E-state index >= 15 is 0 Å². The Morgan fingerprint density at radius 2 is 2.33 bits per heavy atom. The maximum Gasteiger partial charge on any atom is 0.242 e. The Morgan fingerprint density at radius 1 is 1.42 bits per heavy atom. The van der Waals surface area contributed by atoms with Gasteiger partial charge in [0.2, 0.25) is 5.96 Å².